The summed E-state index contributed by atoms with van der Waals surface area (Å²) in [6.07, 6.45) is -0.354. The summed E-state index contributed by atoms with van der Waals surface area (Å²) in [4.78, 5) is 28.1. The minimum atomic E-state index is -1.97. The highest BCUT2D eigenvalue weighted by atomic mass is 19.1. The molecule has 1 heterocycles. The Morgan fingerprint density at radius 1 is 1.00 bits per heavy atom. The van der Waals surface area contributed by atoms with E-state index in [1.165, 1.54) is 17.0 Å². The highest BCUT2D eigenvalue weighted by Crippen LogP contribution is 2.43. The van der Waals surface area contributed by atoms with Gasteiger partial charge in [0.05, 0.1) is 18.7 Å². The van der Waals surface area contributed by atoms with E-state index >= 15 is 0 Å². The van der Waals surface area contributed by atoms with Gasteiger partial charge >= 0.3 is 0 Å². The van der Waals surface area contributed by atoms with Crippen LogP contribution in [0.2, 0.25) is 0 Å². The van der Waals surface area contributed by atoms with E-state index in [-0.39, 0.29) is 18.7 Å². The minimum Gasteiger partial charge on any atom is -0.375 e. The second-order valence-corrected chi connectivity index (χ2v) is 8.27. The Bertz CT molecular complexity index is 1180. The number of amides is 1. The first-order valence-corrected chi connectivity index (χ1v) is 10.2. The molecule has 4 rings (SSSR count). The number of benzene rings is 3. The molecule has 1 aliphatic heterocycles. The van der Waals surface area contributed by atoms with Crippen LogP contribution in [0.1, 0.15) is 44.6 Å². The quantitative estimate of drug-likeness (QED) is 0.609. The maximum atomic E-state index is 13.7. The van der Waals surface area contributed by atoms with Gasteiger partial charge in [-0.05, 0) is 55.7 Å². The summed E-state index contributed by atoms with van der Waals surface area (Å²) in [5.74, 6) is -1.25. The first-order chi connectivity index (χ1) is 14.7. The predicted molar refractivity (Wildman–Crippen MR) is 118 cm³/mol. The van der Waals surface area contributed by atoms with E-state index in [1.54, 1.807) is 36.4 Å². The van der Waals surface area contributed by atoms with Crippen molar-refractivity contribution in [1.82, 2.24) is 0 Å². The summed E-state index contributed by atoms with van der Waals surface area (Å²) in [7, 11) is 0. The van der Waals surface area contributed by atoms with Crippen molar-refractivity contribution in [3.05, 3.63) is 99.9 Å². The molecule has 1 aliphatic rings. The third kappa shape index (κ3) is 3.66. The summed E-state index contributed by atoms with van der Waals surface area (Å²) in [6.45, 7) is 5.78. The molecule has 1 amide bonds. The maximum Gasteiger partial charge on any atom is 0.264 e. The van der Waals surface area contributed by atoms with Crippen LogP contribution in [-0.2, 0) is 16.9 Å². The van der Waals surface area contributed by atoms with Crippen molar-refractivity contribution >= 4 is 17.4 Å². The number of halogens is 1. The molecule has 1 N–H and O–H groups in total. The molecule has 0 spiro atoms. The molecule has 158 valence electrons. The molecule has 4 nitrogen and oxygen atoms in total. The molecule has 0 fully saturated rings. The van der Waals surface area contributed by atoms with Gasteiger partial charge in [-0.25, -0.2) is 4.39 Å². The molecule has 3 aromatic carbocycles. The smallest absolute Gasteiger partial charge is 0.264 e. The second-order valence-electron chi connectivity index (χ2n) is 8.27. The van der Waals surface area contributed by atoms with Crippen LogP contribution in [0.3, 0.4) is 0 Å². The van der Waals surface area contributed by atoms with E-state index in [1.807, 2.05) is 32.9 Å². The van der Waals surface area contributed by atoms with E-state index in [2.05, 4.69) is 0 Å². The molecular weight excluding hydrogens is 393 g/mol. The van der Waals surface area contributed by atoms with Crippen molar-refractivity contribution in [3.8, 4) is 0 Å². The number of hydrogen-bond donors (Lipinski definition) is 1. The number of carbonyl (C=O) groups is 2. The fourth-order valence-corrected chi connectivity index (χ4v) is 4.59. The highest BCUT2D eigenvalue weighted by Gasteiger charge is 2.50. The zero-order chi connectivity index (χ0) is 22.3. The maximum absolute atomic E-state index is 13.7. The number of hydrogen-bond acceptors (Lipinski definition) is 3. The van der Waals surface area contributed by atoms with Gasteiger partial charge in [-0.1, -0.05) is 48.0 Å². The third-order valence-corrected chi connectivity index (χ3v) is 5.84. The molecule has 3 aromatic rings. The Balaban J connectivity index is 1.71. The van der Waals surface area contributed by atoms with Crippen LogP contribution in [0.25, 0.3) is 0 Å². The normalized spacial score (nSPS) is 17.7. The van der Waals surface area contributed by atoms with Gasteiger partial charge in [0, 0.05) is 11.1 Å². The first-order valence-electron chi connectivity index (χ1n) is 10.2. The zero-order valence-corrected chi connectivity index (χ0v) is 17.8. The molecule has 1 atom stereocenters. The lowest BCUT2D eigenvalue weighted by molar-refractivity contribution is -0.136. The van der Waals surface area contributed by atoms with E-state index in [4.69, 9.17) is 0 Å². The van der Waals surface area contributed by atoms with Gasteiger partial charge < -0.3 is 10.0 Å². The standard InChI is InChI=1S/C26H24FNO3/c1-16-11-17(2)24(18(3)12-16)23(29)14-26(31)21-9-4-5-10-22(21)28(25(26)30)15-19-7-6-8-20(27)13-19/h4-13,31H,14-15H2,1-3H3/t26-/m1/s1. The van der Waals surface area contributed by atoms with Crippen LogP contribution in [0.4, 0.5) is 10.1 Å². The number of aliphatic hydroxyl groups is 1. The number of aryl methyl sites for hydroxylation is 3. The fourth-order valence-electron chi connectivity index (χ4n) is 4.59. The summed E-state index contributed by atoms with van der Waals surface area (Å²) >= 11 is 0. The number of nitrogens with zero attached hydrogens (tertiary/aromatic N) is 1. The molecule has 0 saturated carbocycles. The van der Waals surface area contributed by atoms with E-state index in [9.17, 15) is 19.1 Å². The predicted octanol–water partition coefficient (Wildman–Crippen LogP) is 4.76. The van der Waals surface area contributed by atoms with Crippen molar-refractivity contribution in [2.75, 3.05) is 4.90 Å². The lowest BCUT2D eigenvalue weighted by Gasteiger charge is -2.23. The molecular formula is C26H24FNO3. The Kier molecular flexibility index (Phi) is 5.23. The highest BCUT2D eigenvalue weighted by molar-refractivity contribution is 6.11. The van der Waals surface area contributed by atoms with Gasteiger partial charge in [-0.3, -0.25) is 9.59 Å². The van der Waals surface area contributed by atoms with E-state index < -0.39 is 17.3 Å². The van der Waals surface area contributed by atoms with Crippen molar-refractivity contribution in [1.29, 1.82) is 0 Å². The average Bonchev–Trinajstić information content (AvgIpc) is 2.89. The van der Waals surface area contributed by atoms with Crippen molar-refractivity contribution in [3.63, 3.8) is 0 Å². The van der Waals surface area contributed by atoms with Crippen molar-refractivity contribution in [2.24, 2.45) is 0 Å². The van der Waals surface area contributed by atoms with Gasteiger partial charge in [0.15, 0.2) is 11.4 Å². The molecule has 0 aromatic heterocycles. The Morgan fingerprint density at radius 2 is 1.68 bits per heavy atom. The number of para-hydroxylation sites is 1. The van der Waals surface area contributed by atoms with Gasteiger partial charge in [0.25, 0.3) is 5.91 Å². The van der Waals surface area contributed by atoms with Crippen LogP contribution in [0.5, 0.6) is 0 Å². The Morgan fingerprint density at radius 3 is 2.35 bits per heavy atom. The van der Waals surface area contributed by atoms with Crippen LogP contribution in [0.15, 0.2) is 60.7 Å². The minimum absolute atomic E-state index is 0.104. The summed E-state index contributed by atoms with van der Waals surface area (Å²) < 4.78 is 13.7. The van der Waals surface area contributed by atoms with Gasteiger partial charge in [-0.15, -0.1) is 0 Å². The monoisotopic (exact) mass is 417 g/mol. The average molecular weight is 417 g/mol. The van der Waals surface area contributed by atoms with E-state index in [0.29, 0.717) is 22.4 Å². The van der Waals surface area contributed by atoms with Gasteiger partial charge in [0.2, 0.25) is 0 Å². The first kappa shape index (κ1) is 20.9. The summed E-state index contributed by atoms with van der Waals surface area (Å²) in [5, 5.41) is 11.5. The van der Waals surface area contributed by atoms with Crippen molar-refractivity contribution in [2.45, 2.75) is 39.3 Å². The van der Waals surface area contributed by atoms with Crippen LogP contribution in [0, 0.1) is 26.6 Å². The van der Waals surface area contributed by atoms with Crippen LogP contribution >= 0.6 is 0 Å². The topological polar surface area (TPSA) is 57.6 Å². The summed E-state index contributed by atoms with van der Waals surface area (Å²) in [5.41, 5.74) is 2.79. The van der Waals surface area contributed by atoms with Crippen LogP contribution in [-0.4, -0.2) is 16.8 Å². The van der Waals surface area contributed by atoms with Gasteiger partial charge in [0.1, 0.15) is 5.82 Å². The largest absolute Gasteiger partial charge is 0.375 e. The van der Waals surface area contributed by atoms with Crippen LogP contribution < -0.4 is 4.90 Å². The molecule has 31 heavy (non-hydrogen) atoms. The molecule has 0 aliphatic carbocycles. The number of rotatable bonds is 5. The molecule has 5 heteroatoms. The number of carbonyl (C=O) groups excluding carboxylic acids is 2. The molecule has 0 radical (unpaired) electrons. The lowest BCUT2D eigenvalue weighted by atomic mass is 9.85. The Labute approximate surface area is 181 Å². The number of Topliss-reactive ketones (excluding diaryl/α,β-unsaturated/α-hetero) is 1. The number of anilines is 1. The fraction of sp³-hybridized carbons (Fsp3) is 0.231. The molecule has 0 bridgehead atoms. The second kappa shape index (κ2) is 7.75. The lowest BCUT2D eigenvalue weighted by Crippen LogP contribution is -2.41. The zero-order valence-electron chi connectivity index (χ0n) is 17.8. The SMILES string of the molecule is Cc1cc(C)c(C(=O)C[C@]2(O)C(=O)N(Cc3cccc(F)c3)c3ccccc32)c(C)c1. The van der Waals surface area contributed by atoms with Crippen molar-refractivity contribution < 1.29 is 19.1 Å². The molecule has 0 saturated heterocycles. The number of fused-ring (bicyclic) bond motifs is 1. The molecule has 0 unspecified atom stereocenters. The Hall–Kier alpha value is -3.31. The van der Waals surface area contributed by atoms with E-state index in [0.717, 1.165) is 16.7 Å². The van der Waals surface area contributed by atoms with Gasteiger partial charge in [-0.2, -0.15) is 0 Å². The number of ketones is 1. The third-order valence-electron chi connectivity index (χ3n) is 5.84. The summed E-state index contributed by atoms with van der Waals surface area (Å²) in [6, 6.07) is 16.7.